The lowest BCUT2D eigenvalue weighted by Gasteiger charge is -2.30. The summed E-state index contributed by atoms with van der Waals surface area (Å²) in [5.74, 6) is -6.03. The Hall–Kier alpha value is -1.06. The van der Waals surface area contributed by atoms with Crippen molar-refractivity contribution in [3.05, 3.63) is 17.4 Å². The van der Waals surface area contributed by atoms with Crippen LogP contribution in [0.15, 0.2) is 12.4 Å². The molecule has 0 aromatic carbocycles. The first-order chi connectivity index (χ1) is 7.87. The van der Waals surface area contributed by atoms with Crippen LogP contribution in [0, 0.1) is 0 Å². The molecule has 0 spiro atoms. The van der Waals surface area contributed by atoms with Crippen molar-refractivity contribution in [1.82, 2.24) is 9.78 Å². The number of nitrogens with zero attached hydrogens (tertiary/aromatic N) is 2. The molecule has 0 aliphatic heterocycles. The summed E-state index contributed by atoms with van der Waals surface area (Å²) in [7, 11) is 0. The van der Waals surface area contributed by atoms with Gasteiger partial charge in [0.15, 0.2) is 0 Å². The van der Waals surface area contributed by atoms with E-state index in [0.29, 0.717) is 6.20 Å². The van der Waals surface area contributed by atoms with Crippen LogP contribution in [0.25, 0.3) is 0 Å². The molecule has 0 amide bonds. The van der Waals surface area contributed by atoms with Crippen molar-refractivity contribution in [1.29, 1.82) is 0 Å². The standard InChI is InChI=1S/C7H3ClF8N2/c8-3-1-17-18(2-3)4(6(11,12)13)5(9,10)7(14,15)16/h1-2,4H. The maximum absolute atomic E-state index is 12.8. The summed E-state index contributed by atoms with van der Waals surface area (Å²) in [6, 6.07) is -4.17. The minimum absolute atomic E-state index is 0.235. The molecule has 1 rings (SSSR count). The van der Waals surface area contributed by atoms with Gasteiger partial charge >= 0.3 is 18.3 Å². The molecule has 0 aliphatic carbocycles. The Balaban J connectivity index is 3.32. The fraction of sp³-hybridized carbons (Fsp3) is 0.571. The topological polar surface area (TPSA) is 17.8 Å². The number of halogens is 9. The normalized spacial score (nSPS) is 15.8. The van der Waals surface area contributed by atoms with Gasteiger partial charge in [0, 0.05) is 6.20 Å². The van der Waals surface area contributed by atoms with Crippen LogP contribution in [-0.4, -0.2) is 28.1 Å². The highest BCUT2D eigenvalue weighted by molar-refractivity contribution is 6.30. The Bertz CT molecular complexity index is 420. The Morgan fingerprint density at radius 1 is 1.06 bits per heavy atom. The minimum atomic E-state index is -6.37. The zero-order chi connectivity index (χ0) is 14.4. The van der Waals surface area contributed by atoms with Crippen molar-refractivity contribution in [3.63, 3.8) is 0 Å². The second kappa shape index (κ2) is 4.25. The average molecular weight is 303 g/mol. The summed E-state index contributed by atoms with van der Waals surface area (Å²) in [6.45, 7) is 0. The second-order valence-electron chi connectivity index (χ2n) is 3.20. The van der Waals surface area contributed by atoms with Crippen molar-refractivity contribution >= 4 is 11.6 Å². The van der Waals surface area contributed by atoms with Gasteiger partial charge in [-0.2, -0.15) is 40.2 Å². The first kappa shape index (κ1) is 15.0. The molecule has 0 N–H and O–H groups in total. The van der Waals surface area contributed by atoms with Gasteiger partial charge in [0.1, 0.15) is 0 Å². The Morgan fingerprint density at radius 3 is 1.83 bits per heavy atom. The van der Waals surface area contributed by atoms with Gasteiger partial charge in [-0.15, -0.1) is 0 Å². The van der Waals surface area contributed by atoms with Gasteiger partial charge in [-0.1, -0.05) is 11.6 Å². The first-order valence-electron chi connectivity index (χ1n) is 4.08. The molecule has 2 nitrogen and oxygen atoms in total. The molecule has 1 aromatic rings. The highest BCUT2D eigenvalue weighted by atomic mass is 35.5. The summed E-state index contributed by atoms with van der Waals surface area (Å²) in [6.07, 6.45) is -11.5. The summed E-state index contributed by atoms with van der Waals surface area (Å²) in [5.41, 5.74) is 0. The highest BCUT2D eigenvalue weighted by Crippen LogP contribution is 2.50. The van der Waals surface area contributed by atoms with E-state index in [-0.39, 0.29) is 6.20 Å². The smallest absolute Gasteiger partial charge is 0.252 e. The third-order valence-corrected chi connectivity index (χ3v) is 2.06. The van der Waals surface area contributed by atoms with Crippen LogP contribution in [0.2, 0.25) is 5.02 Å². The summed E-state index contributed by atoms with van der Waals surface area (Å²) < 4.78 is 98.1. The largest absolute Gasteiger partial charge is 0.455 e. The number of hydrogen-bond donors (Lipinski definition) is 0. The van der Waals surface area contributed by atoms with Crippen LogP contribution in [0.3, 0.4) is 0 Å². The molecule has 0 saturated heterocycles. The van der Waals surface area contributed by atoms with Crippen molar-refractivity contribution < 1.29 is 35.1 Å². The Labute approximate surface area is 99.1 Å². The van der Waals surface area contributed by atoms with Gasteiger partial charge in [0.25, 0.3) is 0 Å². The van der Waals surface area contributed by atoms with Crippen LogP contribution in [0.4, 0.5) is 35.1 Å². The van der Waals surface area contributed by atoms with E-state index in [1.165, 1.54) is 0 Å². The molecule has 1 aromatic heterocycles. The van der Waals surface area contributed by atoms with Crippen LogP contribution < -0.4 is 0 Å². The lowest BCUT2D eigenvalue weighted by Crippen LogP contribution is -2.50. The second-order valence-corrected chi connectivity index (χ2v) is 3.64. The van der Waals surface area contributed by atoms with Gasteiger partial charge in [-0.05, 0) is 0 Å². The SMILES string of the molecule is FC(F)(F)C(n1cc(Cl)cn1)C(F)(F)C(F)(F)F. The quantitative estimate of drug-likeness (QED) is 0.759. The van der Waals surface area contributed by atoms with E-state index < -0.39 is 34.0 Å². The average Bonchev–Trinajstić information content (AvgIpc) is 2.46. The number of alkyl halides is 8. The first-order valence-corrected chi connectivity index (χ1v) is 4.46. The third kappa shape index (κ3) is 2.68. The van der Waals surface area contributed by atoms with Gasteiger partial charge in [-0.3, -0.25) is 4.68 Å². The van der Waals surface area contributed by atoms with E-state index in [9.17, 15) is 35.1 Å². The van der Waals surface area contributed by atoms with Gasteiger partial charge in [-0.25, -0.2) is 0 Å². The fourth-order valence-corrected chi connectivity index (χ4v) is 1.28. The third-order valence-electron chi connectivity index (χ3n) is 1.87. The Kier molecular flexibility index (Phi) is 3.54. The molecule has 1 heterocycles. The summed E-state index contributed by atoms with van der Waals surface area (Å²) in [5, 5.41) is 2.25. The van der Waals surface area contributed by atoms with Gasteiger partial charge in [0.05, 0.1) is 11.2 Å². The molecule has 0 aliphatic rings. The van der Waals surface area contributed by atoms with E-state index in [1.54, 1.807) is 0 Å². The van der Waals surface area contributed by atoms with Gasteiger partial charge in [0.2, 0.25) is 6.04 Å². The van der Waals surface area contributed by atoms with Crippen LogP contribution in [-0.2, 0) is 0 Å². The number of hydrogen-bond acceptors (Lipinski definition) is 1. The maximum atomic E-state index is 12.8. The fourth-order valence-electron chi connectivity index (χ4n) is 1.13. The number of rotatable bonds is 2. The van der Waals surface area contributed by atoms with Crippen LogP contribution >= 0.6 is 11.6 Å². The van der Waals surface area contributed by atoms with E-state index in [4.69, 9.17) is 11.6 Å². The molecule has 18 heavy (non-hydrogen) atoms. The van der Waals surface area contributed by atoms with Gasteiger partial charge < -0.3 is 0 Å². The van der Waals surface area contributed by atoms with Crippen molar-refractivity contribution in [2.75, 3.05) is 0 Å². The van der Waals surface area contributed by atoms with Crippen molar-refractivity contribution in [2.24, 2.45) is 0 Å². The van der Waals surface area contributed by atoms with E-state index >= 15 is 0 Å². The van der Waals surface area contributed by atoms with E-state index in [1.807, 2.05) is 0 Å². The summed E-state index contributed by atoms with van der Waals surface area (Å²) >= 11 is 5.14. The zero-order valence-corrected chi connectivity index (χ0v) is 8.78. The lowest BCUT2D eigenvalue weighted by molar-refractivity contribution is -0.340. The van der Waals surface area contributed by atoms with Crippen molar-refractivity contribution in [3.8, 4) is 0 Å². The molecule has 1 unspecified atom stereocenters. The predicted molar refractivity (Wildman–Crippen MR) is 43.3 cm³/mol. The molecule has 104 valence electrons. The molecule has 0 radical (unpaired) electrons. The van der Waals surface area contributed by atoms with Crippen LogP contribution in [0.5, 0.6) is 0 Å². The number of aromatic nitrogens is 2. The maximum Gasteiger partial charge on any atom is 0.455 e. The highest BCUT2D eigenvalue weighted by Gasteiger charge is 2.71. The monoisotopic (exact) mass is 302 g/mol. The van der Waals surface area contributed by atoms with Crippen molar-refractivity contribution in [2.45, 2.75) is 24.3 Å². The molecule has 1 atom stereocenters. The van der Waals surface area contributed by atoms with E-state index in [2.05, 4.69) is 5.10 Å². The minimum Gasteiger partial charge on any atom is -0.252 e. The molecular weight excluding hydrogens is 300 g/mol. The molecule has 0 fully saturated rings. The predicted octanol–water partition coefficient (Wildman–Crippen LogP) is 3.84. The van der Waals surface area contributed by atoms with E-state index in [0.717, 1.165) is 0 Å². The Morgan fingerprint density at radius 2 is 1.56 bits per heavy atom. The molecular formula is C7H3ClF8N2. The summed E-state index contributed by atoms with van der Waals surface area (Å²) in [4.78, 5) is 0. The van der Waals surface area contributed by atoms with Crippen LogP contribution in [0.1, 0.15) is 6.04 Å². The zero-order valence-electron chi connectivity index (χ0n) is 8.03. The lowest BCUT2D eigenvalue weighted by atomic mass is 10.1. The molecule has 0 saturated carbocycles. The molecule has 0 bridgehead atoms. The molecule has 11 heteroatoms.